The van der Waals surface area contributed by atoms with Crippen LogP contribution in [0, 0.1) is 6.92 Å². The highest BCUT2D eigenvalue weighted by Crippen LogP contribution is 2.27. The predicted molar refractivity (Wildman–Crippen MR) is 121 cm³/mol. The molecule has 0 fully saturated rings. The quantitative estimate of drug-likeness (QED) is 0.334. The van der Waals surface area contributed by atoms with E-state index in [1.54, 1.807) is 6.21 Å². The number of nitrogens with zero attached hydrogens (tertiary/aromatic N) is 1. The van der Waals surface area contributed by atoms with E-state index >= 15 is 0 Å². The number of para-hydroxylation sites is 1. The zero-order valence-electron chi connectivity index (χ0n) is 15.7. The third-order valence-electron chi connectivity index (χ3n) is 4.07. The molecule has 3 aromatic rings. The number of hydrazone groups is 1. The van der Waals surface area contributed by atoms with Crippen molar-refractivity contribution in [2.45, 2.75) is 13.5 Å². The van der Waals surface area contributed by atoms with Gasteiger partial charge in [-0.3, -0.25) is 0 Å². The summed E-state index contributed by atoms with van der Waals surface area (Å²) < 4.78 is 6.60. The summed E-state index contributed by atoms with van der Waals surface area (Å²) in [5.74, 6) is 0.687. The lowest BCUT2D eigenvalue weighted by Crippen LogP contribution is -2.24. The number of carbonyl (C=O) groups excluding carboxylic acids is 1. The van der Waals surface area contributed by atoms with Crippen LogP contribution in [0.25, 0.3) is 0 Å². The molecule has 0 aromatic heterocycles. The first kappa shape index (κ1) is 20.9. The van der Waals surface area contributed by atoms with Gasteiger partial charge in [0.25, 0.3) is 0 Å². The lowest BCUT2D eigenvalue weighted by molar-refractivity contribution is 0.252. The van der Waals surface area contributed by atoms with E-state index < -0.39 is 6.03 Å². The molecule has 148 valence electrons. The minimum absolute atomic E-state index is 0.367. The van der Waals surface area contributed by atoms with E-state index in [2.05, 4.69) is 31.8 Å². The van der Waals surface area contributed by atoms with Crippen LogP contribution >= 0.6 is 27.5 Å². The van der Waals surface area contributed by atoms with Gasteiger partial charge in [-0.1, -0.05) is 48.0 Å². The second-order valence-electron chi connectivity index (χ2n) is 6.21. The van der Waals surface area contributed by atoms with E-state index in [0.717, 1.165) is 26.9 Å². The fourth-order valence-corrected chi connectivity index (χ4v) is 3.22. The molecule has 0 atom stereocenters. The predicted octanol–water partition coefficient (Wildman–Crippen LogP) is 6.15. The molecule has 3 rings (SSSR count). The Hall–Kier alpha value is -2.83. The number of ether oxygens (including phenoxy) is 1. The van der Waals surface area contributed by atoms with Crippen LogP contribution in [0.15, 0.2) is 76.3 Å². The fraction of sp³-hybridized carbons (Fsp3) is 0.0909. The van der Waals surface area contributed by atoms with Crippen molar-refractivity contribution in [3.8, 4) is 5.75 Å². The number of carbonyl (C=O) groups is 1. The Labute approximate surface area is 182 Å². The van der Waals surface area contributed by atoms with Crippen LogP contribution in [0.4, 0.5) is 10.5 Å². The van der Waals surface area contributed by atoms with Crippen LogP contribution in [0.5, 0.6) is 5.75 Å². The van der Waals surface area contributed by atoms with Gasteiger partial charge >= 0.3 is 6.03 Å². The van der Waals surface area contributed by atoms with Crippen LogP contribution < -0.4 is 15.5 Å². The number of hydrogen-bond donors (Lipinski definition) is 2. The Bertz CT molecular complexity index is 1040. The molecule has 0 aliphatic heterocycles. The molecule has 2 N–H and O–H groups in total. The van der Waals surface area contributed by atoms with Crippen molar-refractivity contribution in [3.63, 3.8) is 0 Å². The van der Waals surface area contributed by atoms with Crippen molar-refractivity contribution in [2.24, 2.45) is 5.10 Å². The van der Waals surface area contributed by atoms with Gasteiger partial charge in [0, 0.05) is 16.3 Å². The summed E-state index contributed by atoms with van der Waals surface area (Å²) in [6.45, 7) is 2.29. The van der Waals surface area contributed by atoms with Crippen molar-refractivity contribution in [1.29, 1.82) is 0 Å². The van der Waals surface area contributed by atoms with Crippen molar-refractivity contribution >= 4 is 45.5 Å². The summed E-state index contributed by atoms with van der Waals surface area (Å²) in [6, 6.07) is 20.2. The van der Waals surface area contributed by atoms with E-state index in [-0.39, 0.29) is 0 Å². The van der Waals surface area contributed by atoms with Gasteiger partial charge in [-0.15, -0.1) is 0 Å². The van der Waals surface area contributed by atoms with Gasteiger partial charge in [0.05, 0.1) is 10.7 Å². The molecule has 0 aliphatic rings. The molecule has 7 heteroatoms. The first-order valence-corrected chi connectivity index (χ1v) is 10.0. The van der Waals surface area contributed by atoms with Crippen LogP contribution in [-0.2, 0) is 6.61 Å². The Kier molecular flexibility index (Phi) is 7.27. The minimum Gasteiger partial charge on any atom is -0.488 e. The SMILES string of the molecule is Cc1ccccc1NC(=O)NN=Cc1ccc(OCc2ccccc2Cl)c(Br)c1. The maximum atomic E-state index is 11.9. The summed E-state index contributed by atoms with van der Waals surface area (Å²) in [7, 11) is 0. The van der Waals surface area contributed by atoms with Crippen LogP contribution in [0.2, 0.25) is 5.02 Å². The molecule has 0 saturated carbocycles. The van der Waals surface area contributed by atoms with Crippen molar-refractivity contribution in [1.82, 2.24) is 5.43 Å². The number of hydrogen-bond acceptors (Lipinski definition) is 3. The highest BCUT2D eigenvalue weighted by atomic mass is 79.9. The zero-order chi connectivity index (χ0) is 20.6. The second-order valence-corrected chi connectivity index (χ2v) is 7.47. The Morgan fingerprint density at radius 2 is 1.90 bits per heavy atom. The van der Waals surface area contributed by atoms with Gasteiger partial charge in [-0.25, -0.2) is 10.2 Å². The zero-order valence-corrected chi connectivity index (χ0v) is 18.0. The average molecular weight is 473 g/mol. The summed E-state index contributed by atoms with van der Waals surface area (Å²) in [5, 5.41) is 7.40. The number of nitrogens with one attached hydrogen (secondary N) is 2. The molecule has 3 aromatic carbocycles. The highest BCUT2D eigenvalue weighted by Gasteiger charge is 2.05. The molecule has 0 aliphatic carbocycles. The second kappa shape index (κ2) is 10.1. The number of halogens is 2. The summed E-state index contributed by atoms with van der Waals surface area (Å²) >= 11 is 9.64. The largest absolute Gasteiger partial charge is 0.488 e. The van der Waals surface area contributed by atoms with Crippen molar-refractivity contribution in [3.05, 3.63) is 92.9 Å². The first-order valence-electron chi connectivity index (χ1n) is 8.84. The van der Waals surface area contributed by atoms with Gasteiger partial charge in [-0.05, 0) is 64.3 Å². The van der Waals surface area contributed by atoms with E-state index in [1.165, 1.54) is 0 Å². The fourth-order valence-electron chi connectivity index (χ4n) is 2.51. The van der Waals surface area contributed by atoms with Crippen molar-refractivity contribution in [2.75, 3.05) is 5.32 Å². The Morgan fingerprint density at radius 1 is 1.14 bits per heavy atom. The van der Waals surface area contributed by atoms with Crippen LogP contribution in [-0.4, -0.2) is 12.2 Å². The van der Waals surface area contributed by atoms with Gasteiger partial charge in [0.15, 0.2) is 0 Å². The average Bonchev–Trinajstić information content (AvgIpc) is 2.70. The maximum Gasteiger partial charge on any atom is 0.339 e. The first-order chi connectivity index (χ1) is 14.0. The smallest absolute Gasteiger partial charge is 0.339 e. The van der Waals surface area contributed by atoms with E-state index in [4.69, 9.17) is 16.3 Å². The number of amides is 2. The monoisotopic (exact) mass is 471 g/mol. The summed E-state index contributed by atoms with van der Waals surface area (Å²) in [6.07, 6.45) is 1.56. The van der Waals surface area contributed by atoms with Gasteiger partial charge in [0.1, 0.15) is 12.4 Å². The van der Waals surface area contributed by atoms with E-state index in [0.29, 0.717) is 17.4 Å². The van der Waals surface area contributed by atoms with Gasteiger partial charge < -0.3 is 10.1 Å². The summed E-state index contributed by atoms with van der Waals surface area (Å²) in [5.41, 5.74) is 5.88. The minimum atomic E-state index is -0.408. The third-order valence-corrected chi connectivity index (χ3v) is 5.06. The molecular formula is C22H19BrClN3O2. The molecular weight excluding hydrogens is 454 g/mol. The topological polar surface area (TPSA) is 62.7 Å². The lowest BCUT2D eigenvalue weighted by atomic mass is 10.2. The molecule has 0 heterocycles. The van der Waals surface area contributed by atoms with E-state index in [1.807, 2.05) is 73.7 Å². The van der Waals surface area contributed by atoms with Crippen LogP contribution in [0.3, 0.4) is 0 Å². The standard InChI is InChI=1S/C22H19BrClN3O2/c1-15-6-2-5-9-20(15)26-22(28)27-25-13-16-10-11-21(18(23)12-16)29-14-17-7-3-4-8-19(17)24/h2-13H,14H2,1H3,(H2,26,27,28). The van der Waals surface area contributed by atoms with Crippen LogP contribution in [0.1, 0.15) is 16.7 Å². The molecule has 0 unspecified atom stereocenters. The molecule has 5 nitrogen and oxygen atoms in total. The number of aryl methyl sites for hydroxylation is 1. The Morgan fingerprint density at radius 3 is 2.66 bits per heavy atom. The normalized spacial score (nSPS) is 10.7. The Balaban J connectivity index is 1.55. The highest BCUT2D eigenvalue weighted by molar-refractivity contribution is 9.10. The molecule has 0 saturated heterocycles. The van der Waals surface area contributed by atoms with Gasteiger partial charge in [-0.2, -0.15) is 5.10 Å². The maximum absolute atomic E-state index is 11.9. The molecule has 0 bridgehead atoms. The summed E-state index contributed by atoms with van der Waals surface area (Å²) in [4.78, 5) is 11.9. The number of rotatable bonds is 6. The lowest BCUT2D eigenvalue weighted by Gasteiger charge is -2.10. The number of anilines is 1. The van der Waals surface area contributed by atoms with Crippen molar-refractivity contribution < 1.29 is 9.53 Å². The molecule has 29 heavy (non-hydrogen) atoms. The third kappa shape index (κ3) is 6.07. The molecule has 0 spiro atoms. The number of benzene rings is 3. The molecule has 2 amide bonds. The van der Waals surface area contributed by atoms with E-state index in [9.17, 15) is 4.79 Å². The molecule has 0 radical (unpaired) electrons. The van der Waals surface area contributed by atoms with Gasteiger partial charge in [0.2, 0.25) is 0 Å². The number of urea groups is 1.